The number of aromatic amines is 1. The first-order valence-corrected chi connectivity index (χ1v) is 8.09. The van der Waals surface area contributed by atoms with Crippen molar-refractivity contribution in [2.45, 2.75) is 6.36 Å². The zero-order chi connectivity index (χ0) is 21.2. The summed E-state index contributed by atoms with van der Waals surface area (Å²) in [5.41, 5.74) is 0.278. The zero-order valence-corrected chi connectivity index (χ0v) is 14.8. The van der Waals surface area contributed by atoms with Gasteiger partial charge in [0, 0.05) is 22.7 Å². The molecule has 0 atom stereocenters. The number of alkyl halides is 3. The Morgan fingerprint density at radius 1 is 1.03 bits per heavy atom. The van der Waals surface area contributed by atoms with E-state index in [0.717, 1.165) is 18.2 Å². The lowest BCUT2D eigenvalue weighted by atomic mass is 10.1. The fraction of sp³-hybridized carbons (Fsp3) is 0.105. The summed E-state index contributed by atoms with van der Waals surface area (Å²) in [6.45, 7) is 0. The zero-order valence-electron chi connectivity index (χ0n) is 14.8. The number of carbonyl (C=O) groups excluding carboxylic acids is 2. The topological polar surface area (TPSA) is 97.5 Å². The minimum atomic E-state index is -4.82. The smallest absolute Gasteiger partial charge is 0.464 e. The molecule has 1 aromatic heterocycles. The number of nitrogens with one attached hydrogen (secondary N) is 2. The molecule has 0 aliphatic carbocycles. The normalized spacial score (nSPS) is 11.2. The van der Waals surface area contributed by atoms with E-state index in [9.17, 15) is 27.6 Å². The highest BCUT2D eigenvalue weighted by Crippen LogP contribution is 2.23. The number of fused-ring (bicyclic) bond motifs is 1. The van der Waals surface area contributed by atoms with E-state index in [1.807, 2.05) is 0 Å². The van der Waals surface area contributed by atoms with E-state index < -0.39 is 29.4 Å². The maximum absolute atomic E-state index is 12.3. The summed E-state index contributed by atoms with van der Waals surface area (Å²) in [7, 11) is 1.19. The van der Waals surface area contributed by atoms with Gasteiger partial charge in [-0.1, -0.05) is 0 Å². The van der Waals surface area contributed by atoms with Crippen molar-refractivity contribution >= 4 is 28.5 Å². The molecule has 0 radical (unpaired) electrons. The standard InChI is InChI=1S/C19H13F3N2O5/c1-28-18(27)15-9-16(25)13-8-11(4-7-14(13)24-15)23-17(26)10-2-5-12(6-3-10)29-19(20,21)22/h2-9H,1H3,(H,23,26)(H,24,25). The second-order valence-electron chi connectivity index (χ2n) is 5.83. The Morgan fingerprint density at radius 3 is 2.34 bits per heavy atom. The molecule has 7 nitrogen and oxygen atoms in total. The van der Waals surface area contributed by atoms with E-state index in [0.29, 0.717) is 5.52 Å². The van der Waals surface area contributed by atoms with Crippen LogP contribution in [0.5, 0.6) is 5.75 Å². The van der Waals surface area contributed by atoms with Crippen molar-refractivity contribution in [3.8, 4) is 5.75 Å². The van der Waals surface area contributed by atoms with Crippen molar-refractivity contribution in [2.75, 3.05) is 12.4 Å². The summed E-state index contributed by atoms with van der Waals surface area (Å²) < 4.78 is 44.9. The van der Waals surface area contributed by atoms with E-state index >= 15 is 0 Å². The van der Waals surface area contributed by atoms with Crippen LogP contribution in [0, 0.1) is 0 Å². The SMILES string of the molecule is COC(=O)c1cc(=O)c2cc(NC(=O)c3ccc(OC(F)(F)F)cc3)ccc2[nH]1. The first kappa shape index (κ1) is 19.9. The first-order chi connectivity index (χ1) is 13.7. The van der Waals surface area contributed by atoms with Crippen molar-refractivity contribution in [3.05, 3.63) is 70.0 Å². The number of anilines is 1. The number of esters is 1. The average molecular weight is 406 g/mol. The van der Waals surface area contributed by atoms with Crippen LogP contribution in [0.2, 0.25) is 0 Å². The number of carbonyl (C=O) groups is 2. The van der Waals surface area contributed by atoms with E-state index in [1.165, 1.54) is 37.4 Å². The Balaban J connectivity index is 1.81. The molecule has 3 aromatic rings. The number of amides is 1. The molecule has 0 spiro atoms. The molecule has 150 valence electrons. The Bertz CT molecular complexity index is 1140. The van der Waals surface area contributed by atoms with Crippen LogP contribution in [0.1, 0.15) is 20.8 Å². The van der Waals surface area contributed by atoms with Gasteiger partial charge < -0.3 is 19.8 Å². The summed E-state index contributed by atoms with van der Waals surface area (Å²) in [5, 5.41) is 2.77. The van der Waals surface area contributed by atoms with Gasteiger partial charge in [-0.05, 0) is 42.5 Å². The highest BCUT2D eigenvalue weighted by atomic mass is 19.4. The fourth-order valence-corrected chi connectivity index (χ4v) is 2.56. The van der Waals surface area contributed by atoms with Gasteiger partial charge in [0.05, 0.1) is 12.6 Å². The van der Waals surface area contributed by atoms with Gasteiger partial charge in [-0.15, -0.1) is 13.2 Å². The van der Waals surface area contributed by atoms with E-state index in [2.05, 4.69) is 19.8 Å². The second kappa shape index (κ2) is 7.66. The summed E-state index contributed by atoms with van der Waals surface area (Å²) in [5.74, 6) is -1.74. The number of halogens is 3. The number of hydrogen-bond acceptors (Lipinski definition) is 5. The molecule has 0 bridgehead atoms. The number of methoxy groups -OCH3 is 1. The second-order valence-corrected chi connectivity index (χ2v) is 5.83. The number of pyridine rings is 1. The summed E-state index contributed by atoms with van der Waals surface area (Å²) in [6.07, 6.45) is -4.82. The minimum Gasteiger partial charge on any atom is -0.464 e. The predicted molar refractivity (Wildman–Crippen MR) is 97.0 cm³/mol. The van der Waals surface area contributed by atoms with Crippen molar-refractivity contribution in [2.24, 2.45) is 0 Å². The summed E-state index contributed by atoms with van der Waals surface area (Å²) in [6, 6.07) is 9.87. The lowest BCUT2D eigenvalue weighted by Gasteiger charge is -2.10. The van der Waals surface area contributed by atoms with Crippen molar-refractivity contribution < 1.29 is 32.2 Å². The molecule has 0 saturated carbocycles. The molecule has 0 unspecified atom stereocenters. The Labute approximate surface area is 161 Å². The molecule has 1 heterocycles. The van der Waals surface area contributed by atoms with E-state index in [4.69, 9.17) is 0 Å². The number of aromatic nitrogens is 1. The van der Waals surface area contributed by atoms with Gasteiger partial charge in [-0.2, -0.15) is 0 Å². The molecule has 0 aliphatic heterocycles. The first-order valence-electron chi connectivity index (χ1n) is 8.09. The van der Waals surface area contributed by atoms with Crippen molar-refractivity contribution in [3.63, 3.8) is 0 Å². The van der Waals surface area contributed by atoms with Crippen LogP contribution < -0.4 is 15.5 Å². The van der Waals surface area contributed by atoms with Crippen LogP contribution in [-0.4, -0.2) is 30.3 Å². The summed E-state index contributed by atoms with van der Waals surface area (Å²) in [4.78, 5) is 38.8. The van der Waals surface area contributed by atoms with E-state index in [-0.39, 0.29) is 22.3 Å². The Kier molecular flexibility index (Phi) is 5.26. The molecule has 0 fully saturated rings. The largest absolute Gasteiger partial charge is 0.573 e. The van der Waals surface area contributed by atoms with Gasteiger partial charge in [-0.3, -0.25) is 9.59 Å². The Morgan fingerprint density at radius 2 is 1.72 bits per heavy atom. The highest BCUT2D eigenvalue weighted by Gasteiger charge is 2.31. The minimum absolute atomic E-state index is 0.0112. The highest BCUT2D eigenvalue weighted by molar-refractivity contribution is 6.05. The van der Waals surface area contributed by atoms with Gasteiger partial charge in [-0.25, -0.2) is 4.79 Å². The molecule has 3 rings (SSSR count). The third-order valence-corrected chi connectivity index (χ3v) is 3.84. The van der Waals surface area contributed by atoms with Gasteiger partial charge in [0.25, 0.3) is 5.91 Å². The molecular weight excluding hydrogens is 393 g/mol. The van der Waals surface area contributed by atoms with Gasteiger partial charge in [0.15, 0.2) is 5.43 Å². The van der Waals surface area contributed by atoms with E-state index in [1.54, 1.807) is 0 Å². The lowest BCUT2D eigenvalue weighted by molar-refractivity contribution is -0.274. The summed E-state index contributed by atoms with van der Waals surface area (Å²) >= 11 is 0. The molecule has 2 aromatic carbocycles. The maximum atomic E-state index is 12.3. The number of H-pyrrole nitrogens is 1. The van der Waals surface area contributed by atoms with Crippen molar-refractivity contribution in [1.29, 1.82) is 0 Å². The number of benzene rings is 2. The quantitative estimate of drug-likeness (QED) is 0.647. The Hall–Kier alpha value is -3.82. The third-order valence-electron chi connectivity index (χ3n) is 3.84. The lowest BCUT2D eigenvalue weighted by Crippen LogP contribution is -2.17. The van der Waals surface area contributed by atoms with Crippen LogP contribution in [0.4, 0.5) is 18.9 Å². The molecule has 1 amide bonds. The monoisotopic (exact) mass is 406 g/mol. The maximum Gasteiger partial charge on any atom is 0.573 e. The molecule has 2 N–H and O–H groups in total. The van der Waals surface area contributed by atoms with Crippen LogP contribution in [-0.2, 0) is 4.74 Å². The van der Waals surface area contributed by atoms with Crippen LogP contribution in [0.3, 0.4) is 0 Å². The van der Waals surface area contributed by atoms with Gasteiger partial charge in [0.1, 0.15) is 11.4 Å². The van der Waals surface area contributed by atoms with Crippen LogP contribution in [0.25, 0.3) is 10.9 Å². The average Bonchev–Trinajstić information content (AvgIpc) is 2.67. The molecular formula is C19H13F3N2O5. The van der Waals surface area contributed by atoms with Gasteiger partial charge in [0.2, 0.25) is 0 Å². The fourth-order valence-electron chi connectivity index (χ4n) is 2.56. The molecule has 0 saturated heterocycles. The van der Waals surface area contributed by atoms with Gasteiger partial charge >= 0.3 is 12.3 Å². The molecule has 29 heavy (non-hydrogen) atoms. The van der Waals surface area contributed by atoms with Crippen molar-refractivity contribution in [1.82, 2.24) is 4.98 Å². The third kappa shape index (κ3) is 4.72. The predicted octanol–water partition coefficient (Wildman–Crippen LogP) is 3.47. The number of ether oxygens (including phenoxy) is 2. The molecule has 0 aliphatic rings. The number of rotatable bonds is 4. The number of hydrogen-bond donors (Lipinski definition) is 2. The van der Waals surface area contributed by atoms with Crippen LogP contribution in [0.15, 0.2) is 53.3 Å². The molecule has 10 heteroatoms. The van der Waals surface area contributed by atoms with Crippen LogP contribution >= 0.6 is 0 Å².